The predicted molar refractivity (Wildman–Crippen MR) is 73.9 cm³/mol. The minimum atomic E-state index is -4.64. The first-order valence-corrected chi connectivity index (χ1v) is 6.89. The molecule has 0 aliphatic carbocycles. The van der Waals surface area contributed by atoms with Crippen LogP contribution in [0.25, 0.3) is 6.08 Å². The molecule has 1 aromatic carbocycles. The van der Waals surface area contributed by atoms with Gasteiger partial charge in [0.25, 0.3) is 0 Å². The van der Waals surface area contributed by atoms with Gasteiger partial charge in [0, 0.05) is 0 Å². The van der Waals surface area contributed by atoms with E-state index in [1.807, 2.05) is 18.2 Å². The summed E-state index contributed by atoms with van der Waals surface area (Å²) in [6.45, 7) is 3.66. The van der Waals surface area contributed by atoms with Crippen LogP contribution < -0.4 is 5.30 Å². The summed E-state index contributed by atoms with van der Waals surface area (Å²) in [6.07, 6.45) is 7.04. The van der Waals surface area contributed by atoms with Crippen molar-refractivity contribution in [2.75, 3.05) is 0 Å². The lowest BCUT2D eigenvalue weighted by molar-refractivity contribution is 0.275. The van der Waals surface area contributed by atoms with Crippen molar-refractivity contribution in [1.29, 1.82) is 0 Å². The molecular weight excluding hydrogens is 258 g/mol. The molecule has 1 atom stereocenters. The van der Waals surface area contributed by atoms with Gasteiger partial charge in [0.15, 0.2) is 0 Å². The molecule has 3 N–H and O–H groups in total. The van der Waals surface area contributed by atoms with Crippen LogP contribution >= 0.6 is 17.1 Å². The second kappa shape index (κ2) is 8.35. The van der Waals surface area contributed by atoms with Crippen LogP contribution in [0, 0.1) is 0 Å². The van der Waals surface area contributed by atoms with Crippen LogP contribution in [0.1, 0.15) is 12.0 Å². The second-order valence-electron chi connectivity index (χ2n) is 3.07. The van der Waals surface area contributed by atoms with E-state index in [4.69, 9.17) is 19.2 Å². The number of benzene rings is 1. The Balaban J connectivity index is 0.000000437. The first kappa shape index (κ1) is 16.2. The van der Waals surface area contributed by atoms with Gasteiger partial charge in [-0.2, -0.15) is 0 Å². The van der Waals surface area contributed by atoms with E-state index in [9.17, 15) is 0 Å². The van der Waals surface area contributed by atoms with Crippen LogP contribution in [-0.4, -0.2) is 14.7 Å². The van der Waals surface area contributed by atoms with E-state index in [0.717, 1.165) is 6.42 Å². The molecule has 0 aromatic heterocycles. The average Bonchev–Trinajstić information content (AvgIpc) is 2.19. The Labute approximate surface area is 103 Å². The maximum absolute atomic E-state index is 8.88. The van der Waals surface area contributed by atoms with Crippen LogP contribution in [0.5, 0.6) is 0 Å². The van der Waals surface area contributed by atoms with E-state index < -0.39 is 7.82 Å². The molecule has 0 aliphatic heterocycles. The highest BCUT2D eigenvalue weighted by molar-refractivity contribution is 7.45. The van der Waals surface area contributed by atoms with E-state index in [0.29, 0.717) is 0 Å². The Hall–Kier alpha value is -0.760. The quantitative estimate of drug-likeness (QED) is 0.580. The average molecular weight is 274 g/mol. The van der Waals surface area contributed by atoms with E-state index in [2.05, 4.69) is 40.1 Å². The summed E-state index contributed by atoms with van der Waals surface area (Å²) in [5, 5.41) is 1.23. The summed E-state index contributed by atoms with van der Waals surface area (Å²) in [6, 6.07) is 8.26. The zero-order valence-corrected chi connectivity index (χ0v) is 11.3. The lowest BCUT2D eigenvalue weighted by Gasteiger charge is -1.96. The lowest BCUT2D eigenvalue weighted by Crippen LogP contribution is -1.93. The largest absolute Gasteiger partial charge is 0.466 e. The molecule has 0 fully saturated rings. The molecule has 0 saturated carbocycles. The molecule has 17 heavy (non-hydrogen) atoms. The summed E-state index contributed by atoms with van der Waals surface area (Å²) in [4.78, 5) is 21.6. The second-order valence-corrected chi connectivity index (χ2v) is 4.72. The number of rotatable bonds is 3. The van der Waals surface area contributed by atoms with Crippen LogP contribution in [-0.2, 0) is 4.57 Å². The van der Waals surface area contributed by atoms with Gasteiger partial charge in [-0.05, 0) is 17.3 Å². The molecule has 0 heterocycles. The molecule has 1 unspecified atom stereocenters. The molecule has 0 radical (unpaired) electrons. The van der Waals surface area contributed by atoms with Gasteiger partial charge in [-0.1, -0.05) is 42.5 Å². The number of hydrogen-bond donors (Lipinski definition) is 3. The molecule has 1 aromatic rings. The Morgan fingerprint density at radius 1 is 1.29 bits per heavy atom. The molecule has 0 amide bonds. The fraction of sp³-hybridized carbons (Fsp3) is 0.0909. The van der Waals surface area contributed by atoms with E-state index >= 15 is 0 Å². The van der Waals surface area contributed by atoms with Gasteiger partial charge in [0.05, 0.1) is 0 Å². The summed E-state index contributed by atoms with van der Waals surface area (Å²) in [7, 11) is -1.92. The molecule has 1 rings (SSSR count). The molecule has 4 nitrogen and oxygen atoms in total. The molecule has 94 valence electrons. The van der Waals surface area contributed by atoms with Gasteiger partial charge < -0.3 is 14.7 Å². The van der Waals surface area contributed by atoms with Crippen molar-refractivity contribution in [3.05, 3.63) is 48.6 Å². The van der Waals surface area contributed by atoms with E-state index in [-0.39, 0.29) is 0 Å². The van der Waals surface area contributed by atoms with Crippen molar-refractivity contribution in [2.45, 2.75) is 6.42 Å². The number of phosphoric acid groups is 1. The standard InChI is InChI=1S/C11H13P.H3O4P/c1-2-3-4-7-10-8-5-6-9-11(10)12;1-5(2,3)4/h2,4-9H,1,3,12H2;(H3,1,2,3,4). The van der Waals surface area contributed by atoms with E-state index in [1.54, 1.807) is 0 Å². The van der Waals surface area contributed by atoms with Gasteiger partial charge in [-0.3, -0.25) is 0 Å². The van der Waals surface area contributed by atoms with Gasteiger partial charge in [-0.25, -0.2) is 4.57 Å². The van der Waals surface area contributed by atoms with Gasteiger partial charge in [0.2, 0.25) is 0 Å². The van der Waals surface area contributed by atoms with Gasteiger partial charge >= 0.3 is 7.82 Å². The van der Waals surface area contributed by atoms with Crippen molar-refractivity contribution in [2.24, 2.45) is 0 Å². The van der Waals surface area contributed by atoms with Crippen molar-refractivity contribution >= 4 is 28.4 Å². The number of hydrogen-bond acceptors (Lipinski definition) is 1. The van der Waals surface area contributed by atoms with Crippen molar-refractivity contribution in [1.82, 2.24) is 0 Å². The Morgan fingerprint density at radius 3 is 2.29 bits per heavy atom. The van der Waals surface area contributed by atoms with Crippen LogP contribution in [0.15, 0.2) is 43.0 Å². The fourth-order valence-electron chi connectivity index (χ4n) is 0.954. The summed E-state index contributed by atoms with van der Waals surface area (Å²) < 4.78 is 8.88. The fourth-order valence-corrected chi connectivity index (χ4v) is 1.26. The molecular formula is C11H16O4P2. The van der Waals surface area contributed by atoms with Crippen molar-refractivity contribution in [3.63, 3.8) is 0 Å². The Bertz CT molecular complexity index is 415. The summed E-state index contributed by atoms with van der Waals surface area (Å²) in [5.74, 6) is 0. The van der Waals surface area contributed by atoms with Crippen LogP contribution in [0.4, 0.5) is 0 Å². The third-order valence-electron chi connectivity index (χ3n) is 1.60. The van der Waals surface area contributed by atoms with E-state index in [1.165, 1.54) is 10.9 Å². The van der Waals surface area contributed by atoms with Crippen LogP contribution in [0.2, 0.25) is 0 Å². The molecule has 0 saturated heterocycles. The van der Waals surface area contributed by atoms with Crippen molar-refractivity contribution in [3.8, 4) is 0 Å². The SMILES string of the molecule is C=CCC=Cc1ccccc1P.O=P(O)(O)O. The highest BCUT2D eigenvalue weighted by Gasteiger charge is 2.00. The highest BCUT2D eigenvalue weighted by atomic mass is 31.2. The van der Waals surface area contributed by atoms with Gasteiger partial charge in [0.1, 0.15) is 0 Å². The third-order valence-corrected chi connectivity index (χ3v) is 2.12. The smallest absolute Gasteiger partial charge is 0.303 e. The maximum Gasteiger partial charge on any atom is 0.466 e. The Morgan fingerprint density at radius 2 is 1.82 bits per heavy atom. The summed E-state index contributed by atoms with van der Waals surface area (Å²) >= 11 is 0. The highest BCUT2D eigenvalue weighted by Crippen LogP contribution is 2.25. The minimum Gasteiger partial charge on any atom is -0.303 e. The third kappa shape index (κ3) is 11.5. The van der Waals surface area contributed by atoms with Crippen molar-refractivity contribution < 1.29 is 19.2 Å². The maximum atomic E-state index is 8.88. The zero-order chi connectivity index (χ0) is 13.3. The normalized spacial score (nSPS) is 10.8. The lowest BCUT2D eigenvalue weighted by atomic mass is 10.2. The Kier molecular flexibility index (Phi) is 7.98. The topological polar surface area (TPSA) is 77.8 Å². The molecule has 0 bridgehead atoms. The first-order chi connectivity index (χ1) is 7.84. The number of allylic oxidation sites excluding steroid dienone is 2. The zero-order valence-electron chi connectivity index (χ0n) is 9.23. The minimum absolute atomic E-state index is 0.930. The molecule has 6 heteroatoms. The van der Waals surface area contributed by atoms with Gasteiger partial charge in [-0.15, -0.1) is 15.8 Å². The summed E-state index contributed by atoms with van der Waals surface area (Å²) in [5.41, 5.74) is 1.25. The molecule has 0 aliphatic rings. The molecule has 0 spiro atoms. The monoisotopic (exact) mass is 274 g/mol. The first-order valence-electron chi connectivity index (χ1n) is 4.75. The van der Waals surface area contributed by atoms with Crippen LogP contribution in [0.3, 0.4) is 0 Å². The predicted octanol–water partition coefficient (Wildman–Crippen LogP) is 1.85.